The Morgan fingerprint density at radius 1 is 1.05 bits per heavy atom. The molecule has 3 aromatic rings. The summed E-state index contributed by atoms with van der Waals surface area (Å²) in [6, 6.07) is 10.0. The lowest BCUT2D eigenvalue weighted by atomic mass is 10.1. The van der Waals surface area contributed by atoms with Crippen molar-refractivity contribution in [2.75, 3.05) is 32.8 Å². The fourth-order valence-corrected chi connectivity index (χ4v) is 5.09. The van der Waals surface area contributed by atoms with E-state index in [0.29, 0.717) is 50.1 Å². The molecule has 222 valence electrons. The van der Waals surface area contributed by atoms with E-state index in [4.69, 9.17) is 9.47 Å². The van der Waals surface area contributed by atoms with E-state index in [2.05, 4.69) is 35.9 Å². The van der Waals surface area contributed by atoms with E-state index >= 15 is 0 Å². The Morgan fingerprint density at radius 3 is 2.48 bits per heavy atom. The van der Waals surface area contributed by atoms with Gasteiger partial charge in [-0.1, -0.05) is 30.3 Å². The van der Waals surface area contributed by atoms with Crippen LogP contribution in [0.25, 0.3) is 11.4 Å². The Hall–Kier alpha value is -4.62. The number of hydrogen-bond donors (Lipinski definition) is 2. The highest BCUT2D eigenvalue weighted by Gasteiger charge is 2.31. The third-order valence-corrected chi connectivity index (χ3v) is 7.34. The molecule has 42 heavy (non-hydrogen) atoms. The Labute approximate surface area is 243 Å². The largest absolute Gasteiger partial charge is 0.474 e. The van der Waals surface area contributed by atoms with Crippen LogP contribution in [-0.4, -0.2) is 103 Å². The summed E-state index contributed by atoms with van der Waals surface area (Å²) in [4.78, 5) is 51.8. The normalized spacial score (nSPS) is 16.2. The van der Waals surface area contributed by atoms with Crippen molar-refractivity contribution in [3.05, 3.63) is 47.9 Å². The van der Waals surface area contributed by atoms with Gasteiger partial charge in [0.2, 0.25) is 11.8 Å². The smallest absolute Gasteiger partial charge is 0.409 e. The molecule has 3 heterocycles. The Morgan fingerprint density at radius 2 is 1.79 bits per heavy atom. The second-order valence-corrected chi connectivity index (χ2v) is 10.2. The number of piperazine rings is 1. The molecule has 1 atom stereocenters. The molecule has 1 saturated carbocycles. The van der Waals surface area contributed by atoms with Gasteiger partial charge in [-0.2, -0.15) is 4.98 Å². The molecular weight excluding hydrogens is 542 g/mol. The van der Waals surface area contributed by atoms with E-state index < -0.39 is 18.0 Å². The Kier molecular flexibility index (Phi) is 9.51. The van der Waals surface area contributed by atoms with Crippen LogP contribution in [0.2, 0.25) is 0 Å². The summed E-state index contributed by atoms with van der Waals surface area (Å²) in [5.74, 6) is 0.396. The van der Waals surface area contributed by atoms with Crippen LogP contribution in [0.1, 0.15) is 55.3 Å². The molecule has 1 aliphatic heterocycles. The summed E-state index contributed by atoms with van der Waals surface area (Å²) < 4.78 is 11.2. The van der Waals surface area contributed by atoms with Crippen LogP contribution in [0.5, 0.6) is 5.88 Å². The summed E-state index contributed by atoms with van der Waals surface area (Å²) in [5.41, 5.74) is 0.844. The SMILES string of the molecule is CCOC(=O)N1CCN(C(=O)C(CCc2nnn[nH]2)NC(=O)c2cc(OC3CCCC3)nc(-c3ccccc3)n2)CC1. The van der Waals surface area contributed by atoms with Gasteiger partial charge >= 0.3 is 6.09 Å². The van der Waals surface area contributed by atoms with Crippen molar-refractivity contribution >= 4 is 17.9 Å². The zero-order valence-corrected chi connectivity index (χ0v) is 23.6. The third kappa shape index (κ3) is 7.36. The van der Waals surface area contributed by atoms with Gasteiger partial charge in [0.1, 0.15) is 23.7 Å². The van der Waals surface area contributed by atoms with Crippen molar-refractivity contribution < 1.29 is 23.9 Å². The van der Waals surface area contributed by atoms with Crippen molar-refractivity contribution in [2.24, 2.45) is 0 Å². The number of benzene rings is 1. The van der Waals surface area contributed by atoms with Gasteiger partial charge in [-0.3, -0.25) is 9.59 Å². The number of carbonyl (C=O) groups excluding carboxylic acids is 3. The molecule has 3 amide bonds. The minimum atomic E-state index is -0.883. The summed E-state index contributed by atoms with van der Waals surface area (Å²) >= 11 is 0. The highest BCUT2D eigenvalue weighted by atomic mass is 16.6. The standard InChI is InChI=1S/C28H35N9O5/c1-2-41-28(40)37-16-14-36(15-17-37)27(39)21(12-13-23-32-34-35-33-23)30-26(38)22-18-24(42-20-10-6-7-11-20)31-25(29-22)19-8-4-3-5-9-19/h3-5,8-9,18,20-21H,2,6-7,10-17H2,1H3,(H,30,38)(H,32,33,34,35). The molecule has 2 N–H and O–H groups in total. The second-order valence-electron chi connectivity index (χ2n) is 10.2. The molecule has 1 aromatic carbocycles. The number of H-pyrrole nitrogens is 1. The van der Waals surface area contributed by atoms with Crippen molar-refractivity contribution in [1.82, 2.24) is 45.7 Å². The van der Waals surface area contributed by atoms with Crippen LogP contribution >= 0.6 is 0 Å². The summed E-state index contributed by atoms with van der Waals surface area (Å²) in [7, 11) is 0. The van der Waals surface area contributed by atoms with E-state index in [1.54, 1.807) is 16.7 Å². The van der Waals surface area contributed by atoms with Gasteiger partial charge in [0.05, 0.1) is 6.61 Å². The summed E-state index contributed by atoms with van der Waals surface area (Å²) in [5, 5.41) is 16.7. The average Bonchev–Trinajstić information content (AvgIpc) is 3.74. The van der Waals surface area contributed by atoms with E-state index in [0.717, 1.165) is 31.2 Å². The number of nitrogens with one attached hydrogen (secondary N) is 2. The minimum absolute atomic E-state index is 0.0394. The van der Waals surface area contributed by atoms with Crippen LogP contribution in [0, 0.1) is 0 Å². The number of aromatic amines is 1. The van der Waals surface area contributed by atoms with Crippen molar-refractivity contribution in [3.8, 4) is 17.3 Å². The molecule has 5 rings (SSSR count). The molecule has 2 fully saturated rings. The van der Waals surface area contributed by atoms with Gasteiger partial charge in [0.25, 0.3) is 5.91 Å². The molecular formula is C28H35N9O5. The summed E-state index contributed by atoms with van der Waals surface area (Å²) in [6.45, 7) is 3.35. The number of nitrogens with zero attached hydrogens (tertiary/aromatic N) is 7. The first-order valence-electron chi connectivity index (χ1n) is 14.3. The lowest BCUT2D eigenvalue weighted by molar-refractivity contribution is -0.135. The van der Waals surface area contributed by atoms with E-state index in [1.165, 1.54) is 6.07 Å². The lowest BCUT2D eigenvalue weighted by Gasteiger charge is -2.36. The van der Waals surface area contributed by atoms with E-state index in [1.807, 2.05) is 30.3 Å². The second kappa shape index (κ2) is 13.8. The third-order valence-electron chi connectivity index (χ3n) is 7.34. The molecule has 14 nitrogen and oxygen atoms in total. The predicted molar refractivity (Wildman–Crippen MR) is 149 cm³/mol. The number of carbonyl (C=O) groups is 3. The van der Waals surface area contributed by atoms with E-state index in [-0.39, 0.29) is 30.7 Å². The zero-order valence-electron chi connectivity index (χ0n) is 23.6. The Balaban J connectivity index is 1.34. The molecule has 0 spiro atoms. The van der Waals surface area contributed by atoms with Gasteiger partial charge < -0.3 is 24.6 Å². The van der Waals surface area contributed by atoms with Gasteiger partial charge in [0.15, 0.2) is 5.82 Å². The van der Waals surface area contributed by atoms with E-state index in [9.17, 15) is 14.4 Å². The molecule has 14 heteroatoms. The Bertz CT molecular complexity index is 1340. The molecule has 2 aromatic heterocycles. The molecule has 1 aliphatic carbocycles. The fraction of sp³-hybridized carbons (Fsp3) is 0.500. The molecule has 0 bridgehead atoms. The maximum absolute atomic E-state index is 13.7. The fourth-order valence-electron chi connectivity index (χ4n) is 5.09. The highest BCUT2D eigenvalue weighted by Crippen LogP contribution is 2.25. The van der Waals surface area contributed by atoms with Crippen molar-refractivity contribution in [2.45, 2.75) is 57.6 Å². The topological polar surface area (TPSA) is 168 Å². The molecule has 1 unspecified atom stereocenters. The predicted octanol–water partition coefficient (Wildman–Crippen LogP) is 2.01. The summed E-state index contributed by atoms with van der Waals surface area (Å²) in [6.07, 6.45) is 4.27. The minimum Gasteiger partial charge on any atom is -0.474 e. The van der Waals surface area contributed by atoms with Gasteiger partial charge in [-0.15, -0.1) is 5.10 Å². The number of aryl methyl sites for hydroxylation is 1. The molecule has 0 radical (unpaired) electrons. The van der Waals surface area contributed by atoms with Crippen LogP contribution in [0.4, 0.5) is 4.79 Å². The first-order valence-corrected chi connectivity index (χ1v) is 14.3. The van der Waals surface area contributed by atoms with Crippen LogP contribution in [0.15, 0.2) is 36.4 Å². The zero-order chi connectivity index (χ0) is 29.3. The van der Waals surface area contributed by atoms with Gasteiger partial charge in [-0.05, 0) is 49.5 Å². The van der Waals surface area contributed by atoms with Crippen LogP contribution in [0.3, 0.4) is 0 Å². The quantitative estimate of drug-likeness (QED) is 0.364. The van der Waals surface area contributed by atoms with Gasteiger partial charge in [-0.25, -0.2) is 14.9 Å². The monoisotopic (exact) mass is 577 g/mol. The van der Waals surface area contributed by atoms with Crippen LogP contribution in [-0.2, 0) is 16.0 Å². The lowest BCUT2D eigenvalue weighted by Crippen LogP contribution is -2.56. The number of ether oxygens (including phenoxy) is 2. The number of tetrazole rings is 1. The van der Waals surface area contributed by atoms with Crippen molar-refractivity contribution in [1.29, 1.82) is 0 Å². The van der Waals surface area contributed by atoms with Crippen LogP contribution < -0.4 is 10.1 Å². The average molecular weight is 578 g/mol. The number of aromatic nitrogens is 6. The van der Waals surface area contributed by atoms with Gasteiger partial charge in [0, 0.05) is 44.2 Å². The number of rotatable bonds is 10. The highest BCUT2D eigenvalue weighted by molar-refractivity contribution is 5.96. The maximum Gasteiger partial charge on any atom is 0.409 e. The number of amides is 3. The first kappa shape index (κ1) is 28.9. The number of hydrogen-bond acceptors (Lipinski definition) is 10. The molecule has 2 aliphatic rings. The van der Waals surface area contributed by atoms with Crippen molar-refractivity contribution in [3.63, 3.8) is 0 Å². The first-order chi connectivity index (χ1) is 20.5. The maximum atomic E-state index is 13.7. The molecule has 1 saturated heterocycles.